The number of hydrogen-bond donors (Lipinski definition) is 3. The molecular weight excluding hydrogens is 327 g/mol. The van der Waals surface area contributed by atoms with E-state index in [0.717, 1.165) is 6.07 Å². The van der Waals surface area contributed by atoms with Gasteiger partial charge in [0, 0.05) is 30.1 Å². The van der Waals surface area contributed by atoms with Gasteiger partial charge in [-0.15, -0.1) is 0 Å². The van der Waals surface area contributed by atoms with Crippen LogP contribution in [0.5, 0.6) is 5.75 Å². The molecule has 0 spiro atoms. The third-order valence-electron chi connectivity index (χ3n) is 3.14. The van der Waals surface area contributed by atoms with Crippen LogP contribution in [0.25, 0.3) is 5.57 Å². The maximum atomic E-state index is 14.8. The van der Waals surface area contributed by atoms with Gasteiger partial charge in [0.1, 0.15) is 18.0 Å². The van der Waals surface area contributed by atoms with Crippen molar-refractivity contribution in [1.29, 1.82) is 0 Å². The van der Waals surface area contributed by atoms with Gasteiger partial charge in [-0.2, -0.15) is 8.42 Å². The lowest BCUT2D eigenvalue weighted by Gasteiger charge is -2.19. The molecule has 0 bridgehead atoms. The lowest BCUT2D eigenvalue weighted by Crippen LogP contribution is -2.30. The van der Waals surface area contributed by atoms with E-state index >= 15 is 0 Å². The number of hydrogen-bond acceptors (Lipinski definition) is 6. The summed E-state index contributed by atoms with van der Waals surface area (Å²) in [6.45, 7) is 0.902. The largest absolute Gasteiger partial charge is 0.506 e. The van der Waals surface area contributed by atoms with Gasteiger partial charge in [-0.1, -0.05) is 0 Å². The van der Waals surface area contributed by atoms with Gasteiger partial charge in [-0.05, 0) is 19.1 Å². The predicted molar refractivity (Wildman–Crippen MR) is 83.7 cm³/mol. The van der Waals surface area contributed by atoms with Crippen LogP contribution >= 0.6 is 0 Å². The van der Waals surface area contributed by atoms with Gasteiger partial charge in [0.05, 0.1) is 0 Å². The van der Waals surface area contributed by atoms with Gasteiger partial charge < -0.3 is 10.8 Å². The summed E-state index contributed by atoms with van der Waals surface area (Å²) in [5.41, 5.74) is 5.53. The highest BCUT2D eigenvalue weighted by Crippen LogP contribution is 2.37. The van der Waals surface area contributed by atoms with E-state index in [0.29, 0.717) is 4.31 Å². The summed E-state index contributed by atoms with van der Waals surface area (Å²) in [5.74, 6) is -2.46. The summed E-state index contributed by atoms with van der Waals surface area (Å²) >= 11 is 0. The number of rotatable bonds is 3. The third kappa shape index (κ3) is 2.97. The van der Waals surface area contributed by atoms with Crippen molar-refractivity contribution in [3.8, 4) is 5.75 Å². The zero-order valence-corrected chi connectivity index (χ0v) is 13.2. The van der Waals surface area contributed by atoms with Gasteiger partial charge in [-0.3, -0.25) is 9.79 Å². The number of phenols is 1. The average molecular weight is 342 g/mol. The van der Waals surface area contributed by atoms with E-state index in [1.807, 2.05) is 0 Å². The highest BCUT2D eigenvalue weighted by Gasteiger charge is 2.38. The van der Waals surface area contributed by atoms with Gasteiger partial charge in [0.2, 0.25) is 0 Å². The lowest BCUT2D eigenvalue weighted by molar-refractivity contribution is -0.117. The zero-order chi connectivity index (χ0) is 17.4. The molecule has 0 aliphatic carbocycles. The standard InChI is InChI=1S/C13H15FN4O4S/c1-7(15)9(5-16-2)8-3-4-10(19)13(12(8)14)18-6-11(20)17-23(18,21)22/h3-5,19H,6,15H2,1-2H3,(H,17,20). The summed E-state index contributed by atoms with van der Waals surface area (Å²) in [4.78, 5) is 15.1. The number of phenolic OH excluding ortho intramolecular Hbond substituents is 1. The SMILES string of the molecule is CN=CC(=C(C)N)c1ccc(O)c(N2CC(=O)NS2(=O)=O)c1F. The number of aromatic hydroxyl groups is 1. The Hall–Kier alpha value is -2.62. The summed E-state index contributed by atoms with van der Waals surface area (Å²) < 4.78 is 40.8. The van der Waals surface area contributed by atoms with Crippen LogP contribution in [0.2, 0.25) is 0 Å². The minimum absolute atomic E-state index is 0.0436. The van der Waals surface area contributed by atoms with Crippen LogP contribution in [-0.4, -0.2) is 39.2 Å². The number of nitrogens with one attached hydrogen (secondary N) is 1. The number of halogens is 1. The molecule has 0 unspecified atom stereocenters. The van der Waals surface area contributed by atoms with Crippen LogP contribution in [0, 0.1) is 5.82 Å². The van der Waals surface area contributed by atoms with Crippen molar-refractivity contribution in [2.24, 2.45) is 10.7 Å². The molecule has 4 N–H and O–H groups in total. The Balaban J connectivity index is 2.70. The van der Waals surface area contributed by atoms with Crippen LogP contribution in [0.1, 0.15) is 12.5 Å². The number of allylic oxidation sites excluding steroid dienone is 2. The maximum absolute atomic E-state index is 14.8. The smallest absolute Gasteiger partial charge is 0.326 e. The second-order valence-electron chi connectivity index (χ2n) is 4.82. The summed E-state index contributed by atoms with van der Waals surface area (Å²) in [6.07, 6.45) is 1.32. The molecule has 10 heteroatoms. The summed E-state index contributed by atoms with van der Waals surface area (Å²) in [5, 5.41) is 9.88. The molecule has 0 aromatic heterocycles. The van der Waals surface area contributed by atoms with Gasteiger partial charge >= 0.3 is 10.2 Å². The Morgan fingerprint density at radius 2 is 2.17 bits per heavy atom. The van der Waals surface area contributed by atoms with Crippen molar-refractivity contribution >= 4 is 33.6 Å². The minimum Gasteiger partial charge on any atom is -0.506 e. The number of anilines is 1. The molecule has 124 valence electrons. The van der Waals surface area contributed by atoms with E-state index in [9.17, 15) is 22.7 Å². The number of nitrogens with zero attached hydrogens (tertiary/aromatic N) is 2. The fraction of sp³-hybridized carbons (Fsp3) is 0.231. The molecular formula is C13H15FN4O4S. The summed E-state index contributed by atoms with van der Waals surface area (Å²) in [7, 11) is -2.79. The van der Waals surface area contributed by atoms with Gasteiger partial charge in [0.15, 0.2) is 5.82 Å². The van der Waals surface area contributed by atoms with Gasteiger partial charge in [0.25, 0.3) is 5.91 Å². The predicted octanol–water partition coefficient (Wildman–Crippen LogP) is 0.103. The van der Waals surface area contributed by atoms with E-state index in [-0.39, 0.29) is 16.8 Å². The zero-order valence-electron chi connectivity index (χ0n) is 12.4. The number of carbonyl (C=O) groups excluding carboxylic acids is 1. The lowest BCUT2D eigenvalue weighted by atomic mass is 10.0. The van der Waals surface area contributed by atoms with Crippen molar-refractivity contribution in [2.45, 2.75) is 6.92 Å². The molecule has 1 aliphatic rings. The molecule has 1 heterocycles. The minimum atomic E-state index is -4.26. The van der Waals surface area contributed by atoms with E-state index in [1.165, 1.54) is 26.3 Å². The van der Waals surface area contributed by atoms with E-state index < -0.39 is 39.9 Å². The Morgan fingerprint density at radius 3 is 2.65 bits per heavy atom. The third-order valence-corrected chi connectivity index (χ3v) is 4.52. The normalized spacial score (nSPS) is 18.2. The Morgan fingerprint density at radius 1 is 1.52 bits per heavy atom. The fourth-order valence-electron chi connectivity index (χ4n) is 2.16. The number of nitrogens with two attached hydrogens (primary N) is 1. The van der Waals surface area contributed by atoms with Crippen molar-refractivity contribution < 1.29 is 22.7 Å². The molecule has 0 atom stereocenters. The van der Waals surface area contributed by atoms with E-state index in [4.69, 9.17) is 5.73 Å². The molecule has 23 heavy (non-hydrogen) atoms. The fourth-order valence-corrected chi connectivity index (χ4v) is 3.32. The molecule has 1 saturated heterocycles. The monoisotopic (exact) mass is 342 g/mol. The number of amides is 1. The Labute approximate surface area is 132 Å². The first-order valence-corrected chi connectivity index (χ1v) is 7.86. The topological polar surface area (TPSA) is 125 Å². The number of benzene rings is 1. The molecule has 1 amide bonds. The molecule has 0 radical (unpaired) electrons. The molecule has 8 nitrogen and oxygen atoms in total. The second-order valence-corrected chi connectivity index (χ2v) is 6.41. The van der Waals surface area contributed by atoms with Crippen molar-refractivity contribution in [2.75, 3.05) is 17.9 Å². The van der Waals surface area contributed by atoms with Crippen LogP contribution in [0.15, 0.2) is 22.8 Å². The number of carbonyl (C=O) groups is 1. The average Bonchev–Trinajstić information content (AvgIpc) is 2.70. The summed E-state index contributed by atoms with van der Waals surface area (Å²) in [6, 6.07) is 2.37. The molecule has 1 aromatic carbocycles. The molecule has 2 rings (SSSR count). The highest BCUT2D eigenvalue weighted by molar-refractivity contribution is 7.92. The number of aliphatic imine (C=N–C) groups is 1. The van der Waals surface area contributed by atoms with Crippen molar-refractivity contribution in [3.05, 3.63) is 29.2 Å². The quantitative estimate of drug-likeness (QED) is 0.672. The van der Waals surface area contributed by atoms with E-state index in [1.54, 1.807) is 4.72 Å². The molecule has 1 aromatic rings. The Kier molecular flexibility index (Phi) is 4.28. The first-order valence-electron chi connectivity index (χ1n) is 6.42. The molecule has 1 fully saturated rings. The van der Waals surface area contributed by atoms with Crippen LogP contribution < -0.4 is 14.8 Å². The van der Waals surface area contributed by atoms with Gasteiger partial charge in [-0.25, -0.2) is 13.4 Å². The molecule has 0 saturated carbocycles. The van der Waals surface area contributed by atoms with Crippen LogP contribution in [0.3, 0.4) is 0 Å². The Bertz CT molecular complexity index is 829. The molecule has 1 aliphatic heterocycles. The first kappa shape index (κ1) is 16.7. The van der Waals surface area contributed by atoms with E-state index in [2.05, 4.69) is 4.99 Å². The van der Waals surface area contributed by atoms with Crippen molar-refractivity contribution in [3.63, 3.8) is 0 Å². The van der Waals surface area contributed by atoms with Crippen LogP contribution in [0.4, 0.5) is 10.1 Å². The van der Waals surface area contributed by atoms with Crippen molar-refractivity contribution in [1.82, 2.24) is 4.72 Å². The highest BCUT2D eigenvalue weighted by atomic mass is 32.2. The van der Waals surface area contributed by atoms with Crippen LogP contribution in [-0.2, 0) is 15.0 Å². The first-order chi connectivity index (χ1) is 10.7. The maximum Gasteiger partial charge on any atom is 0.326 e. The second kappa shape index (κ2) is 5.88.